The first-order valence-electron chi connectivity index (χ1n) is 11.1. The summed E-state index contributed by atoms with van der Waals surface area (Å²) in [5.41, 5.74) is 8.18. The van der Waals surface area contributed by atoms with E-state index in [1.54, 1.807) is 19.5 Å². The molecule has 1 aromatic carbocycles. The van der Waals surface area contributed by atoms with E-state index < -0.39 is 0 Å². The van der Waals surface area contributed by atoms with E-state index in [4.69, 9.17) is 4.74 Å². The molecule has 0 bridgehead atoms. The van der Waals surface area contributed by atoms with Crippen molar-refractivity contribution in [2.75, 3.05) is 45.0 Å². The lowest BCUT2D eigenvalue weighted by Gasteiger charge is -2.20. The zero-order valence-electron chi connectivity index (χ0n) is 20.2. The Morgan fingerprint density at radius 2 is 2.12 bits per heavy atom. The predicted octanol–water partition coefficient (Wildman–Crippen LogP) is 3.39. The van der Waals surface area contributed by atoms with Gasteiger partial charge >= 0.3 is 0 Å². The number of nitrogens with zero attached hydrogens (tertiary/aromatic N) is 4. The number of benzene rings is 1. The maximum Gasteiger partial charge on any atom is 0.227 e. The zero-order valence-corrected chi connectivity index (χ0v) is 20.2. The van der Waals surface area contributed by atoms with Crippen LogP contribution in [-0.4, -0.2) is 59.4 Å². The second kappa shape index (κ2) is 9.66. The van der Waals surface area contributed by atoms with Gasteiger partial charge < -0.3 is 25.5 Å². The molecule has 1 atom stereocenters. The minimum absolute atomic E-state index is 0.0481. The second-order valence-electron chi connectivity index (χ2n) is 8.64. The Kier molecular flexibility index (Phi) is 6.67. The normalized spacial score (nSPS) is 17.2. The standard InChI is InChI=1S/C25H31N7O2/c1-16(13-32(4)26-3)19-7-6-18(11-22(19)34-5)30-24-27-9-8-21(31-24)17-10-20-23(28-12-17)29-14-25(20,2)15-33/h6-13,26,33H,14-15H2,1-5H3,(H,28,29)(H,27,30,31)/b16-13+. The van der Waals surface area contributed by atoms with Gasteiger partial charge in [0.25, 0.3) is 0 Å². The lowest BCUT2D eigenvalue weighted by atomic mass is 9.85. The number of hydrazine groups is 1. The molecule has 0 aliphatic carbocycles. The first kappa shape index (κ1) is 23.5. The molecule has 3 aromatic rings. The van der Waals surface area contributed by atoms with E-state index in [0.29, 0.717) is 12.5 Å². The van der Waals surface area contributed by atoms with E-state index in [1.165, 1.54) is 0 Å². The monoisotopic (exact) mass is 461 g/mol. The number of pyridine rings is 1. The Hall–Kier alpha value is -3.69. The van der Waals surface area contributed by atoms with Crippen LogP contribution in [0.1, 0.15) is 25.0 Å². The minimum Gasteiger partial charge on any atom is -0.496 e. The van der Waals surface area contributed by atoms with Gasteiger partial charge in [-0.2, -0.15) is 0 Å². The number of nitrogens with one attached hydrogen (secondary N) is 3. The number of fused-ring (bicyclic) bond motifs is 1. The smallest absolute Gasteiger partial charge is 0.227 e. The van der Waals surface area contributed by atoms with Crippen molar-refractivity contribution in [3.63, 3.8) is 0 Å². The van der Waals surface area contributed by atoms with Crippen LogP contribution in [0.5, 0.6) is 5.75 Å². The van der Waals surface area contributed by atoms with Crippen molar-refractivity contribution in [1.29, 1.82) is 0 Å². The maximum absolute atomic E-state index is 9.87. The average molecular weight is 462 g/mol. The lowest BCUT2D eigenvalue weighted by molar-refractivity contribution is 0.218. The summed E-state index contributed by atoms with van der Waals surface area (Å²) in [7, 11) is 5.46. The van der Waals surface area contributed by atoms with Crippen LogP contribution in [0.15, 0.2) is 48.9 Å². The molecule has 1 unspecified atom stereocenters. The highest BCUT2D eigenvalue weighted by molar-refractivity contribution is 5.73. The first-order chi connectivity index (χ1) is 16.4. The van der Waals surface area contributed by atoms with Gasteiger partial charge in [-0.15, -0.1) is 0 Å². The molecule has 1 aliphatic rings. The maximum atomic E-state index is 9.87. The van der Waals surface area contributed by atoms with E-state index >= 15 is 0 Å². The molecular weight excluding hydrogens is 430 g/mol. The molecule has 4 rings (SSSR count). The third-order valence-electron chi connectivity index (χ3n) is 6.11. The number of hydrogen-bond donors (Lipinski definition) is 4. The average Bonchev–Trinajstić information content (AvgIpc) is 3.20. The number of anilines is 3. The number of ether oxygens (including phenoxy) is 1. The fraction of sp³-hybridized carbons (Fsp3) is 0.320. The highest BCUT2D eigenvalue weighted by Gasteiger charge is 2.35. The van der Waals surface area contributed by atoms with Gasteiger partial charge in [0.15, 0.2) is 0 Å². The van der Waals surface area contributed by atoms with Gasteiger partial charge in [0.1, 0.15) is 11.6 Å². The van der Waals surface area contributed by atoms with Crippen LogP contribution in [0.3, 0.4) is 0 Å². The summed E-state index contributed by atoms with van der Waals surface area (Å²) in [6, 6.07) is 9.80. The van der Waals surface area contributed by atoms with Gasteiger partial charge in [-0.1, -0.05) is 6.92 Å². The Morgan fingerprint density at radius 1 is 1.29 bits per heavy atom. The fourth-order valence-electron chi connectivity index (χ4n) is 3.95. The Balaban J connectivity index is 1.59. The Morgan fingerprint density at radius 3 is 2.85 bits per heavy atom. The van der Waals surface area contributed by atoms with E-state index in [1.807, 2.05) is 69.5 Å². The molecule has 2 aromatic heterocycles. The molecule has 9 nitrogen and oxygen atoms in total. The molecule has 0 spiro atoms. The molecule has 0 saturated heterocycles. The van der Waals surface area contributed by atoms with Crippen LogP contribution >= 0.6 is 0 Å². The molecule has 34 heavy (non-hydrogen) atoms. The van der Waals surface area contributed by atoms with E-state index in [0.717, 1.165) is 45.2 Å². The first-order valence-corrected chi connectivity index (χ1v) is 11.1. The summed E-state index contributed by atoms with van der Waals surface area (Å²) in [6.45, 7) is 4.76. The number of aliphatic hydroxyl groups excluding tert-OH is 1. The summed E-state index contributed by atoms with van der Waals surface area (Å²) in [5.74, 6) is 2.03. The van der Waals surface area contributed by atoms with Crippen molar-refractivity contribution in [1.82, 2.24) is 25.4 Å². The minimum atomic E-state index is -0.362. The quantitative estimate of drug-likeness (QED) is 0.376. The molecule has 4 N–H and O–H groups in total. The van der Waals surface area contributed by atoms with Gasteiger partial charge in [-0.05, 0) is 36.8 Å². The highest BCUT2D eigenvalue weighted by Crippen LogP contribution is 2.37. The summed E-state index contributed by atoms with van der Waals surface area (Å²) in [6.07, 6.45) is 5.50. The van der Waals surface area contributed by atoms with Gasteiger partial charge in [0, 0.05) is 73.1 Å². The largest absolute Gasteiger partial charge is 0.496 e. The third kappa shape index (κ3) is 4.66. The number of hydrogen-bond acceptors (Lipinski definition) is 9. The molecule has 0 amide bonds. The fourth-order valence-corrected chi connectivity index (χ4v) is 3.95. The zero-order chi connectivity index (χ0) is 24.3. The third-order valence-corrected chi connectivity index (χ3v) is 6.11. The molecule has 0 saturated carbocycles. The number of aromatic nitrogens is 3. The van der Waals surface area contributed by atoms with Crippen molar-refractivity contribution < 1.29 is 9.84 Å². The Labute approximate surface area is 199 Å². The van der Waals surface area contributed by atoms with E-state index in [9.17, 15) is 5.11 Å². The van der Waals surface area contributed by atoms with Crippen LogP contribution in [0.25, 0.3) is 16.8 Å². The van der Waals surface area contributed by atoms with Crippen LogP contribution in [0.2, 0.25) is 0 Å². The van der Waals surface area contributed by atoms with Crippen molar-refractivity contribution >= 4 is 23.0 Å². The van der Waals surface area contributed by atoms with Gasteiger partial charge in [0.05, 0.1) is 19.4 Å². The molecule has 0 radical (unpaired) electrons. The molecule has 0 fully saturated rings. The topological polar surface area (TPSA) is 107 Å². The molecular formula is C25H31N7O2. The number of aliphatic hydroxyl groups is 1. The highest BCUT2D eigenvalue weighted by atomic mass is 16.5. The molecule has 3 heterocycles. The van der Waals surface area contributed by atoms with Crippen LogP contribution in [0, 0.1) is 0 Å². The van der Waals surface area contributed by atoms with E-state index in [-0.39, 0.29) is 12.0 Å². The second-order valence-corrected chi connectivity index (χ2v) is 8.64. The van der Waals surface area contributed by atoms with Crippen molar-refractivity contribution in [3.8, 4) is 17.0 Å². The van der Waals surface area contributed by atoms with E-state index in [2.05, 4.69) is 31.0 Å². The predicted molar refractivity (Wildman–Crippen MR) is 135 cm³/mol. The molecule has 1 aliphatic heterocycles. The van der Waals surface area contributed by atoms with Crippen molar-refractivity contribution in [3.05, 3.63) is 60.1 Å². The molecule has 178 valence electrons. The number of methoxy groups -OCH3 is 1. The van der Waals surface area contributed by atoms with Crippen LogP contribution in [0.4, 0.5) is 17.5 Å². The summed E-state index contributed by atoms with van der Waals surface area (Å²) < 4.78 is 5.63. The number of rotatable bonds is 8. The van der Waals surface area contributed by atoms with Crippen molar-refractivity contribution in [2.24, 2.45) is 0 Å². The summed E-state index contributed by atoms with van der Waals surface area (Å²) in [5, 5.41) is 18.3. The van der Waals surface area contributed by atoms with Crippen LogP contribution < -0.4 is 20.8 Å². The molecule has 9 heteroatoms. The van der Waals surface area contributed by atoms with Crippen molar-refractivity contribution in [2.45, 2.75) is 19.3 Å². The Bertz CT molecular complexity index is 1210. The van der Waals surface area contributed by atoms with Gasteiger partial charge in [0.2, 0.25) is 5.95 Å². The summed E-state index contributed by atoms with van der Waals surface area (Å²) in [4.78, 5) is 13.6. The number of allylic oxidation sites excluding steroid dienone is 1. The van der Waals surface area contributed by atoms with Gasteiger partial charge in [-0.25, -0.2) is 20.4 Å². The summed E-state index contributed by atoms with van der Waals surface area (Å²) >= 11 is 0. The lowest BCUT2D eigenvalue weighted by Crippen LogP contribution is -2.28. The van der Waals surface area contributed by atoms with Crippen LogP contribution in [-0.2, 0) is 5.41 Å². The SMILES string of the molecule is CNN(C)/C=C(\C)c1ccc(Nc2nccc(-c3cnc4c(c3)C(C)(CO)CN4)n2)cc1OC. The van der Waals surface area contributed by atoms with Gasteiger partial charge in [-0.3, -0.25) is 0 Å².